The van der Waals surface area contributed by atoms with E-state index in [1.54, 1.807) is 11.8 Å². The van der Waals surface area contributed by atoms with E-state index in [0.717, 1.165) is 35.3 Å². The Morgan fingerprint density at radius 1 is 1.19 bits per heavy atom. The lowest BCUT2D eigenvalue weighted by molar-refractivity contribution is 0.100. The van der Waals surface area contributed by atoms with E-state index in [1.807, 2.05) is 36.1 Å². The molecule has 4 nitrogen and oxygen atoms in total. The van der Waals surface area contributed by atoms with Gasteiger partial charge in [0.2, 0.25) is 0 Å². The van der Waals surface area contributed by atoms with Gasteiger partial charge in [0.05, 0.1) is 13.2 Å². The molecule has 3 rings (SSSR count). The monoisotopic (exact) mass is 372 g/mol. The summed E-state index contributed by atoms with van der Waals surface area (Å²) in [7, 11) is 0. The Balaban J connectivity index is 1.84. The second kappa shape index (κ2) is 8.85. The molecule has 0 unspecified atom stereocenters. The Bertz CT molecular complexity index is 775. The first-order valence-electron chi connectivity index (χ1n) is 8.64. The van der Waals surface area contributed by atoms with Gasteiger partial charge in [-0.15, -0.1) is 0 Å². The van der Waals surface area contributed by atoms with Crippen LogP contribution in [-0.2, 0) is 0 Å². The zero-order valence-corrected chi connectivity index (χ0v) is 15.5. The first-order chi connectivity index (χ1) is 12.7. The van der Waals surface area contributed by atoms with E-state index in [2.05, 4.69) is 4.99 Å². The number of amidine groups is 1. The predicted octanol–water partition coefficient (Wildman–Crippen LogP) is 4.41. The maximum absolute atomic E-state index is 13.1. The third-order valence-corrected chi connectivity index (χ3v) is 5.04. The van der Waals surface area contributed by atoms with Gasteiger partial charge in [-0.05, 0) is 61.9 Å². The van der Waals surface area contributed by atoms with Crippen LogP contribution in [0, 0.1) is 5.82 Å². The average Bonchev–Trinajstić information content (AvgIpc) is 2.68. The van der Waals surface area contributed by atoms with E-state index in [1.165, 1.54) is 24.3 Å². The van der Waals surface area contributed by atoms with Gasteiger partial charge in [0.15, 0.2) is 11.0 Å². The van der Waals surface area contributed by atoms with Crippen LogP contribution in [0.1, 0.15) is 23.7 Å². The third kappa shape index (κ3) is 4.64. The molecule has 2 aromatic rings. The molecule has 0 saturated heterocycles. The summed E-state index contributed by atoms with van der Waals surface area (Å²) in [5, 5.41) is 0.843. The highest BCUT2D eigenvalue weighted by molar-refractivity contribution is 8.14. The van der Waals surface area contributed by atoms with Crippen LogP contribution in [0.4, 0.5) is 10.1 Å². The summed E-state index contributed by atoms with van der Waals surface area (Å²) < 4.78 is 18.6. The Labute approximate surface area is 157 Å². The number of hydrogen-bond donors (Lipinski definition) is 0. The van der Waals surface area contributed by atoms with Gasteiger partial charge in [-0.1, -0.05) is 11.8 Å². The fraction of sp³-hybridized carbons (Fsp3) is 0.300. The fourth-order valence-electron chi connectivity index (χ4n) is 2.64. The number of Topliss-reactive ketones (excluding diaryl/α,β-unsaturated/α-hetero) is 1. The van der Waals surface area contributed by atoms with E-state index in [4.69, 9.17) is 4.74 Å². The molecule has 26 heavy (non-hydrogen) atoms. The highest BCUT2D eigenvalue weighted by Gasteiger charge is 2.20. The molecule has 0 N–H and O–H groups in total. The highest BCUT2D eigenvalue weighted by Crippen LogP contribution is 2.25. The molecule has 136 valence electrons. The van der Waals surface area contributed by atoms with E-state index in [-0.39, 0.29) is 18.1 Å². The molecule has 0 amide bonds. The van der Waals surface area contributed by atoms with Crippen LogP contribution in [0.2, 0.25) is 0 Å². The molecule has 6 heteroatoms. The quantitative estimate of drug-likeness (QED) is 0.705. The topological polar surface area (TPSA) is 41.9 Å². The Morgan fingerprint density at radius 3 is 2.54 bits per heavy atom. The smallest absolute Gasteiger partial charge is 0.182 e. The van der Waals surface area contributed by atoms with Gasteiger partial charge < -0.3 is 9.64 Å². The normalized spacial score (nSPS) is 13.8. The second-order valence-electron chi connectivity index (χ2n) is 5.81. The molecule has 1 aliphatic heterocycles. The van der Waals surface area contributed by atoms with Crippen LogP contribution in [0.15, 0.2) is 53.5 Å². The van der Waals surface area contributed by atoms with E-state index < -0.39 is 0 Å². The van der Waals surface area contributed by atoms with Crippen LogP contribution in [-0.4, -0.2) is 36.4 Å². The van der Waals surface area contributed by atoms with Gasteiger partial charge >= 0.3 is 0 Å². The molecule has 0 atom stereocenters. The summed E-state index contributed by atoms with van der Waals surface area (Å²) in [6.45, 7) is 3.47. The first kappa shape index (κ1) is 18.5. The van der Waals surface area contributed by atoms with Gasteiger partial charge in [-0.3, -0.25) is 9.79 Å². The average molecular weight is 372 g/mol. The summed E-state index contributed by atoms with van der Waals surface area (Å²) in [6.07, 6.45) is 1.04. The molecule has 0 fully saturated rings. The number of rotatable bonds is 6. The minimum Gasteiger partial charge on any atom is -0.494 e. The molecule has 0 bridgehead atoms. The first-order valence-corrected chi connectivity index (χ1v) is 9.62. The molecular weight excluding hydrogens is 351 g/mol. The van der Waals surface area contributed by atoms with Crippen molar-refractivity contribution < 1.29 is 13.9 Å². The van der Waals surface area contributed by atoms with Crippen LogP contribution < -0.4 is 9.64 Å². The maximum atomic E-state index is 13.1. The van der Waals surface area contributed by atoms with Gasteiger partial charge in [-0.25, -0.2) is 4.39 Å². The number of anilines is 1. The van der Waals surface area contributed by atoms with Crippen molar-refractivity contribution in [1.82, 2.24) is 0 Å². The van der Waals surface area contributed by atoms with Crippen molar-refractivity contribution in [3.8, 4) is 5.75 Å². The molecular formula is C20H21FN2O2S. The van der Waals surface area contributed by atoms with Crippen molar-refractivity contribution in [2.45, 2.75) is 13.3 Å². The van der Waals surface area contributed by atoms with Crippen molar-refractivity contribution in [2.24, 2.45) is 4.99 Å². The number of carbonyl (C=O) groups is 1. The molecule has 1 aliphatic rings. The molecule has 0 spiro atoms. The van der Waals surface area contributed by atoms with Crippen LogP contribution in [0.3, 0.4) is 0 Å². The molecule has 0 radical (unpaired) electrons. The Kier molecular flexibility index (Phi) is 6.28. The zero-order valence-electron chi connectivity index (χ0n) is 14.7. The standard InChI is InChI=1S/C20H21FN2O2S/c1-2-25-18-10-8-17(9-11-18)23(20-22-12-3-13-26-20)14-19(24)15-4-6-16(21)7-5-15/h4-11H,2-3,12-14H2,1H3. The lowest BCUT2D eigenvalue weighted by Crippen LogP contribution is -2.35. The summed E-state index contributed by atoms with van der Waals surface area (Å²) in [5.74, 6) is 1.35. The lowest BCUT2D eigenvalue weighted by atomic mass is 10.1. The number of hydrogen-bond acceptors (Lipinski definition) is 5. The van der Waals surface area contributed by atoms with Crippen LogP contribution in [0.25, 0.3) is 0 Å². The van der Waals surface area contributed by atoms with Gasteiger partial charge in [-0.2, -0.15) is 0 Å². The summed E-state index contributed by atoms with van der Waals surface area (Å²) in [5.41, 5.74) is 1.38. The number of ketones is 1. The lowest BCUT2D eigenvalue weighted by Gasteiger charge is -2.27. The van der Waals surface area contributed by atoms with Gasteiger partial charge in [0.25, 0.3) is 0 Å². The highest BCUT2D eigenvalue weighted by atomic mass is 32.2. The number of thioether (sulfide) groups is 1. The maximum Gasteiger partial charge on any atom is 0.182 e. The zero-order chi connectivity index (χ0) is 18.4. The number of ether oxygens (including phenoxy) is 1. The number of aliphatic imine (C=N–C) groups is 1. The third-order valence-electron chi connectivity index (χ3n) is 3.94. The van der Waals surface area contributed by atoms with Gasteiger partial charge in [0, 0.05) is 23.5 Å². The Morgan fingerprint density at radius 2 is 1.92 bits per heavy atom. The fourth-order valence-corrected chi connectivity index (χ4v) is 3.61. The SMILES string of the molecule is CCOc1ccc(N(CC(=O)c2ccc(F)cc2)C2=NCCCS2)cc1. The van der Waals surface area contributed by atoms with E-state index >= 15 is 0 Å². The van der Waals surface area contributed by atoms with Crippen molar-refractivity contribution in [3.05, 3.63) is 59.9 Å². The predicted molar refractivity (Wildman–Crippen MR) is 105 cm³/mol. The van der Waals surface area contributed by atoms with Crippen LogP contribution in [0.5, 0.6) is 5.75 Å². The van der Waals surface area contributed by atoms with Crippen molar-refractivity contribution in [1.29, 1.82) is 0 Å². The molecule has 0 saturated carbocycles. The second-order valence-corrected chi connectivity index (χ2v) is 6.87. The van der Waals surface area contributed by atoms with E-state index in [9.17, 15) is 9.18 Å². The van der Waals surface area contributed by atoms with Gasteiger partial charge in [0.1, 0.15) is 11.6 Å². The minimum atomic E-state index is -0.350. The molecule has 2 aromatic carbocycles. The number of nitrogens with zero attached hydrogens (tertiary/aromatic N) is 2. The van der Waals surface area contributed by atoms with Crippen molar-refractivity contribution in [3.63, 3.8) is 0 Å². The summed E-state index contributed by atoms with van der Waals surface area (Å²) in [6, 6.07) is 13.3. The Hall–Kier alpha value is -2.34. The minimum absolute atomic E-state index is 0.0761. The summed E-state index contributed by atoms with van der Waals surface area (Å²) in [4.78, 5) is 19.2. The van der Waals surface area contributed by atoms with Crippen LogP contribution >= 0.6 is 11.8 Å². The number of halogens is 1. The largest absolute Gasteiger partial charge is 0.494 e. The summed E-state index contributed by atoms with van der Waals surface area (Å²) >= 11 is 1.65. The number of carbonyl (C=O) groups excluding carboxylic acids is 1. The van der Waals surface area contributed by atoms with E-state index in [0.29, 0.717) is 12.2 Å². The van der Waals surface area contributed by atoms with Crippen molar-refractivity contribution >= 4 is 28.4 Å². The number of benzene rings is 2. The molecule has 1 heterocycles. The molecule has 0 aliphatic carbocycles. The van der Waals surface area contributed by atoms with Crippen molar-refractivity contribution in [2.75, 3.05) is 30.3 Å². The molecule has 0 aromatic heterocycles.